The average molecular weight is 574 g/mol. The predicted octanol–water partition coefficient (Wildman–Crippen LogP) is 3.61. The Morgan fingerprint density at radius 2 is 1.85 bits per heavy atom. The Labute approximate surface area is 235 Å². The van der Waals surface area contributed by atoms with Crippen molar-refractivity contribution in [3.05, 3.63) is 71.7 Å². The molecule has 0 aliphatic carbocycles. The Hall–Kier alpha value is -4.29. The number of aryl methyl sites for hydroxylation is 1. The number of rotatable bonds is 11. The molecule has 0 aliphatic rings. The third-order valence-corrected chi connectivity index (χ3v) is 6.11. The number of carbonyl (C=O) groups excluding carboxylic acids is 2. The number of halogens is 3. The smallest absolute Gasteiger partial charge is 0.251 e. The van der Waals surface area contributed by atoms with Gasteiger partial charge in [0.05, 0.1) is 25.5 Å². The van der Waals surface area contributed by atoms with Crippen molar-refractivity contribution < 1.29 is 23.1 Å². The summed E-state index contributed by atoms with van der Waals surface area (Å²) >= 11 is 0. The number of anilines is 2. The van der Waals surface area contributed by atoms with Gasteiger partial charge in [-0.05, 0) is 48.7 Å². The van der Waals surface area contributed by atoms with Crippen molar-refractivity contribution in [2.24, 2.45) is 5.73 Å². The number of nitrogens with zero attached hydrogens (tertiary/aromatic N) is 3. The molecule has 5 N–H and O–H groups in total. The van der Waals surface area contributed by atoms with Gasteiger partial charge >= 0.3 is 0 Å². The molecular formula is C27H30ClF2N7O3. The van der Waals surface area contributed by atoms with Crippen LogP contribution in [0, 0.1) is 11.6 Å². The molecule has 0 saturated carbocycles. The van der Waals surface area contributed by atoms with E-state index in [4.69, 9.17) is 10.5 Å². The fraction of sp³-hybridized carbons (Fsp3) is 0.259. The summed E-state index contributed by atoms with van der Waals surface area (Å²) in [6.07, 6.45) is 5.76. The Bertz CT molecular complexity index is 1510. The Balaban J connectivity index is 0.00000441. The third-order valence-electron chi connectivity index (χ3n) is 6.11. The van der Waals surface area contributed by atoms with Crippen LogP contribution in [0.5, 0.6) is 5.75 Å². The van der Waals surface area contributed by atoms with Crippen molar-refractivity contribution in [3.8, 4) is 17.0 Å². The molecule has 2 aromatic carbocycles. The standard InChI is InChI=1S/C27H29F2N7O3.ClH/c1-3-16-13-17(5-6-18(16)27(38)33-10-4-9-31-22(37)14-30)35-25-26-34-15-20(36(26)12-11-32-25)19-7-8-21(39-2)24(29)23(19)28;/h5-8,11-13,15H,3-4,9-10,14,30H2,1-2H3,(H,31,37)(H,32,35)(H,33,38);1H. The van der Waals surface area contributed by atoms with Gasteiger partial charge in [0, 0.05) is 42.3 Å². The number of methoxy groups -OCH3 is 1. The van der Waals surface area contributed by atoms with Gasteiger partial charge in [-0.25, -0.2) is 14.4 Å². The lowest BCUT2D eigenvalue weighted by Gasteiger charge is -2.13. The van der Waals surface area contributed by atoms with Crippen LogP contribution < -0.4 is 26.4 Å². The van der Waals surface area contributed by atoms with Crippen molar-refractivity contribution in [2.75, 3.05) is 32.1 Å². The number of amides is 2. The molecule has 10 nitrogen and oxygen atoms in total. The van der Waals surface area contributed by atoms with E-state index in [1.54, 1.807) is 22.7 Å². The van der Waals surface area contributed by atoms with Crippen LogP contribution >= 0.6 is 12.4 Å². The Morgan fingerprint density at radius 3 is 2.58 bits per heavy atom. The molecule has 4 rings (SSSR count). The first-order valence-electron chi connectivity index (χ1n) is 12.4. The molecule has 0 bridgehead atoms. The number of hydrogen-bond acceptors (Lipinski definition) is 7. The fourth-order valence-corrected chi connectivity index (χ4v) is 4.10. The van der Waals surface area contributed by atoms with E-state index >= 15 is 0 Å². The zero-order chi connectivity index (χ0) is 27.9. The van der Waals surface area contributed by atoms with E-state index in [1.165, 1.54) is 31.6 Å². The summed E-state index contributed by atoms with van der Waals surface area (Å²) < 4.78 is 35.5. The molecule has 212 valence electrons. The minimum atomic E-state index is -1.08. The van der Waals surface area contributed by atoms with Gasteiger partial charge in [0.15, 0.2) is 23.0 Å². The van der Waals surface area contributed by atoms with Gasteiger partial charge in [-0.2, -0.15) is 4.39 Å². The second kappa shape index (κ2) is 13.7. The number of nitrogens with two attached hydrogens (primary N) is 1. The largest absolute Gasteiger partial charge is 0.494 e. The van der Waals surface area contributed by atoms with E-state index < -0.39 is 11.6 Å². The summed E-state index contributed by atoms with van der Waals surface area (Å²) in [5, 5.41) is 8.72. The van der Waals surface area contributed by atoms with Crippen molar-refractivity contribution in [3.63, 3.8) is 0 Å². The average Bonchev–Trinajstić information content (AvgIpc) is 3.38. The van der Waals surface area contributed by atoms with Gasteiger partial charge in [0.2, 0.25) is 11.7 Å². The van der Waals surface area contributed by atoms with Crippen LogP contribution in [0.15, 0.2) is 48.9 Å². The van der Waals surface area contributed by atoms with E-state index in [-0.39, 0.29) is 42.1 Å². The molecule has 13 heteroatoms. The summed E-state index contributed by atoms with van der Waals surface area (Å²) in [6.45, 7) is 2.70. The molecule has 2 amide bonds. The molecule has 0 unspecified atom stereocenters. The second-order valence-corrected chi connectivity index (χ2v) is 8.57. The summed E-state index contributed by atoms with van der Waals surface area (Å²) in [5.74, 6) is -2.35. The Morgan fingerprint density at radius 1 is 1.07 bits per heavy atom. The molecule has 0 fully saturated rings. The molecule has 0 radical (unpaired) electrons. The summed E-state index contributed by atoms with van der Waals surface area (Å²) in [5.41, 5.74) is 8.08. The highest BCUT2D eigenvalue weighted by Crippen LogP contribution is 2.31. The first-order chi connectivity index (χ1) is 18.9. The number of ether oxygens (including phenoxy) is 1. The molecule has 4 aromatic rings. The topological polar surface area (TPSA) is 136 Å². The van der Waals surface area contributed by atoms with Crippen LogP contribution in [-0.2, 0) is 11.2 Å². The van der Waals surface area contributed by atoms with Crippen LogP contribution in [0.25, 0.3) is 16.9 Å². The maximum absolute atomic E-state index is 14.8. The summed E-state index contributed by atoms with van der Waals surface area (Å²) in [7, 11) is 1.27. The van der Waals surface area contributed by atoms with Gasteiger partial charge in [-0.3, -0.25) is 14.0 Å². The van der Waals surface area contributed by atoms with Gasteiger partial charge < -0.3 is 26.4 Å². The normalized spacial score (nSPS) is 10.6. The SMILES string of the molecule is CCc1cc(Nc2nccn3c(-c4ccc(OC)c(F)c4F)cnc23)ccc1C(=O)NCCCNC(=O)CN.Cl. The lowest BCUT2D eigenvalue weighted by atomic mass is 10.0. The van der Waals surface area contributed by atoms with E-state index in [0.717, 1.165) is 5.56 Å². The zero-order valence-electron chi connectivity index (χ0n) is 22.0. The number of carbonyl (C=O) groups is 2. The van der Waals surface area contributed by atoms with Crippen LogP contribution in [0.3, 0.4) is 0 Å². The quantitative estimate of drug-likeness (QED) is 0.201. The lowest BCUT2D eigenvalue weighted by Crippen LogP contribution is -2.33. The van der Waals surface area contributed by atoms with Crippen LogP contribution in [0.4, 0.5) is 20.3 Å². The van der Waals surface area contributed by atoms with Crippen molar-refractivity contribution in [1.82, 2.24) is 25.0 Å². The maximum Gasteiger partial charge on any atom is 0.251 e. The van der Waals surface area contributed by atoms with Gasteiger partial charge in [0.1, 0.15) is 0 Å². The van der Waals surface area contributed by atoms with E-state index in [9.17, 15) is 18.4 Å². The van der Waals surface area contributed by atoms with Gasteiger partial charge in [-0.15, -0.1) is 12.4 Å². The molecule has 0 atom stereocenters. The molecule has 0 aliphatic heterocycles. The first-order valence-corrected chi connectivity index (χ1v) is 12.4. The number of benzene rings is 2. The van der Waals surface area contributed by atoms with E-state index in [0.29, 0.717) is 54.3 Å². The highest BCUT2D eigenvalue weighted by Gasteiger charge is 2.19. The number of fused-ring (bicyclic) bond motifs is 1. The van der Waals surface area contributed by atoms with Crippen LogP contribution in [0.2, 0.25) is 0 Å². The van der Waals surface area contributed by atoms with Crippen LogP contribution in [-0.4, -0.2) is 52.9 Å². The van der Waals surface area contributed by atoms with Gasteiger partial charge in [0.25, 0.3) is 5.91 Å². The minimum absolute atomic E-state index is 0. The maximum atomic E-state index is 14.8. The molecule has 0 saturated heterocycles. The minimum Gasteiger partial charge on any atom is -0.494 e. The molecule has 40 heavy (non-hydrogen) atoms. The third kappa shape index (κ3) is 6.46. The highest BCUT2D eigenvalue weighted by atomic mass is 35.5. The fourth-order valence-electron chi connectivity index (χ4n) is 4.10. The number of nitrogens with one attached hydrogen (secondary N) is 3. The molecule has 0 spiro atoms. The summed E-state index contributed by atoms with van der Waals surface area (Å²) in [6, 6.07) is 8.12. The second-order valence-electron chi connectivity index (χ2n) is 8.57. The van der Waals surface area contributed by atoms with Crippen molar-refractivity contribution in [1.29, 1.82) is 0 Å². The van der Waals surface area contributed by atoms with E-state index in [2.05, 4.69) is 25.9 Å². The Kier molecular flexibility index (Phi) is 10.3. The lowest BCUT2D eigenvalue weighted by molar-refractivity contribution is -0.119. The summed E-state index contributed by atoms with van der Waals surface area (Å²) in [4.78, 5) is 32.7. The zero-order valence-corrected chi connectivity index (χ0v) is 22.8. The molecule has 2 heterocycles. The van der Waals surface area contributed by atoms with Gasteiger partial charge in [-0.1, -0.05) is 6.92 Å². The van der Waals surface area contributed by atoms with Crippen molar-refractivity contribution in [2.45, 2.75) is 19.8 Å². The number of aromatic nitrogens is 3. The predicted molar refractivity (Wildman–Crippen MR) is 150 cm³/mol. The highest BCUT2D eigenvalue weighted by molar-refractivity contribution is 5.96. The van der Waals surface area contributed by atoms with Crippen LogP contribution in [0.1, 0.15) is 29.3 Å². The van der Waals surface area contributed by atoms with E-state index in [1.807, 2.05) is 13.0 Å². The molecular weight excluding hydrogens is 544 g/mol. The molecule has 2 aromatic heterocycles. The number of imidazole rings is 1. The number of hydrogen-bond donors (Lipinski definition) is 4. The monoisotopic (exact) mass is 573 g/mol. The van der Waals surface area contributed by atoms with Crippen molar-refractivity contribution >= 4 is 41.4 Å². The first kappa shape index (κ1) is 30.3.